The van der Waals surface area contributed by atoms with E-state index in [-0.39, 0.29) is 29.9 Å². The number of nitrogens with one attached hydrogen (secondary N) is 2. The number of halogens is 1. The van der Waals surface area contributed by atoms with Gasteiger partial charge in [-0.3, -0.25) is 9.79 Å². The zero-order valence-corrected chi connectivity index (χ0v) is 18.1. The van der Waals surface area contributed by atoms with Crippen LogP contribution in [0, 0.1) is 0 Å². The molecule has 1 fully saturated rings. The second kappa shape index (κ2) is 12.9. The molecule has 0 saturated carbocycles. The van der Waals surface area contributed by atoms with Gasteiger partial charge in [0.25, 0.3) is 0 Å². The Morgan fingerprint density at radius 3 is 2.65 bits per heavy atom. The number of anilines is 1. The van der Waals surface area contributed by atoms with Gasteiger partial charge >= 0.3 is 0 Å². The van der Waals surface area contributed by atoms with Crippen LogP contribution in [0.1, 0.15) is 38.2 Å². The highest BCUT2D eigenvalue weighted by Gasteiger charge is 2.19. The van der Waals surface area contributed by atoms with E-state index in [0.717, 1.165) is 62.8 Å². The van der Waals surface area contributed by atoms with Crippen LogP contribution in [-0.4, -0.2) is 45.2 Å². The molecule has 2 rings (SSSR count). The number of hydrogen-bond acceptors (Lipinski definition) is 3. The molecule has 0 bridgehead atoms. The van der Waals surface area contributed by atoms with Crippen LogP contribution in [0.15, 0.2) is 29.3 Å². The molecule has 26 heavy (non-hydrogen) atoms. The van der Waals surface area contributed by atoms with Crippen LogP contribution in [0.4, 0.5) is 5.69 Å². The lowest BCUT2D eigenvalue weighted by molar-refractivity contribution is -0.119. The second-order valence-corrected chi connectivity index (χ2v) is 6.07. The number of aliphatic imine (C=N–C) groups is 1. The number of hydrogen-bond donors (Lipinski definition) is 2. The summed E-state index contributed by atoms with van der Waals surface area (Å²) in [5.41, 5.74) is 2.15. The van der Waals surface area contributed by atoms with E-state index in [2.05, 4.69) is 27.8 Å². The van der Waals surface area contributed by atoms with Crippen molar-refractivity contribution in [3.63, 3.8) is 0 Å². The van der Waals surface area contributed by atoms with Crippen LogP contribution in [-0.2, 0) is 16.1 Å². The first-order chi connectivity index (χ1) is 12.2. The molecule has 0 radical (unpaired) electrons. The number of ether oxygens (including phenoxy) is 1. The van der Waals surface area contributed by atoms with E-state index in [1.807, 2.05) is 24.0 Å². The van der Waals surface area contributed by atoms with E-state index in [4.69, 9.17) is 4.74 Å². The van der Waals surface area contributed by atoms with Gasteiger partial charge in [-0.1, -0.05) is 12.1 Å². The van der Waals surface area contributed by atoms with Crippen molar-refractivity contribution in [2.45, 2.75) is 39.2 Å². The molecule has 1 aromatic rings. The van der Waals surface area contributed by atoms with Gasteiger partial charge in [0.2, 0.25) is 5.91 Å². The molecule has 146 valence electrons. The third-order valence-corrected chi connectivity index (χ3v) is 4.22. The molecule has 6 nitrogen and oxygen atoms in total. The Balaban J connectivity index is 0.00000338. The standard InChI is InChI=1S/C19H30N4O2.HI/c1-3-25-14-6-12-21-19(20-2)22-15-16-8-10-17(11-9-16)23-13-5-4-7-18(23)24;/h8-11H,3-7,12-15H2,1-2H3,(H2,20,21,22);1H. The second-order valence-electron chi connectivity index (χ2n) is 6.07. The molecular weight excluding hydrogens is 443 g/mol. The SMILES string of the molecule is CCOCCCNC(=NC)NCc1ccc(N2CCCCC2=O)cc1.I. The topological polar surface area (TPSA) is 66.0 Å². The molecule has 1 heterocycles. The van der Waals surface area contributed by atoms with Crippen molar-refractivity contribution in [2.75, 3.05) is 38.3 Å². The Labute approximate surface area is 173 Å². The quantitative estimate of drug-likeness (QED) is 0.263. The van der Waals surface area contributed by atoms with Gasteiger partial charge in [0.05, 0.1) is 0 Å². The molecule has 0 spiro atoms. The summed E-state index contributed by atoms with van der Waals surface area (Å²) in [6.45, 7) is 5.87. The average Bonchev–Trinajstić information content (AvgIpc) is 2.65. The summed E-state index contributed by atoms with van der Waals surface area (Å²) in [6, 6.07) is 8.18. The number of carbonyl (C=O) groups excluding carboxylic acids is 1. The lowest BCUT2D eigenvalue weighted by atomic mass is 10.1. The number of nitrogens with zero attached hydrogens (tertiary/aromatic N) is 2. The fourth-order valence-corrected chi connectivity index (χ4v) is 2.80. The van der Waals surface area contributed by atoms with E-state index in [9.17, 15) is 4.79 Å². The number of guanidine groups is 1. The summed E-state index contributed by atoms with van der Waals surface area (Å²) in [5.74, 6) is 1.01. The van der Waals surface area contributed by atoms with Gasteiger partial charge in [0, 0.05) is 52.0 Å². The zero-order valence-electron chi connectivity index (χ0n) is 15.8. The summed E-state index contributed by atoms with van der Waals surface area (Å²) in [5, 5.41) is 6.58. The van der Waals surface area contributed by atoms with Gasteiger partial charge in [-0.15, -0.1) is 24.0 Å². The van der Waals surface area contributed by atoms with E-state index in [1.54, 1.807) is 7.05 Å². The van der Waals surface area contributed by atoms with Gasteiger partial charge in [-0.2, -0.15) is 0 Å². The van der Waals surface area contributed by atoms with Crippen molar-refractivity contribution in [1.29, 1.82) is 0 Å². The number of carbonyl (C=O) groups is 1. The molecule has 1 aromatic carbocycles. The Morgan fingerprint density at radius 2 is 2.00 bits per heavy atom. The summed E-state index contributed by atoms with van der Waals surface area (Å²) < 4.78 is 5.32. The predicted octanol–water partition coefficient (Wildman–Crippen LogP) is 2.91. The molecule has 0 aromatic heterocycles. The third-order valence-electron chi connectivity index (χ3n) is 4.22. The lowest BCUT2D eigenvalue weighted by Crippen LogP contribution is -2.37. The van der Waals surface area contributed by atoms with Crippen molar-refractivity contribution in [1.82, 2.24) is 10.6 Å². The van der Waals surface area contributed by atoms with Gasteiger partial charge in [0.1, 0.15) is 0 Å². The number of amides is 1. The molecule has 1 aliphatic rings. The molecule has 0 aliphatic carbocycles. The van der Waals surface area contributed by atoms with Gasteiger partial charge in [-0.25, -0.2) is 0 Å². The Bertz CT molecular complexity index is 563. The van der Waals surface area contributed by atoms with Crippen LogP contribution in [0.25, 0.3) is 0 Å². The van der Waals surface area contributed by atoms with E-state index < -0.39 is 0 Å². The van der Waals surface area contributed by atoms with Crippen molar-refractivity contribution < 1.29 is 9.53 Å². The highest BCUT2D eigenvalue weighted by atomic mass is 127. The Hall–Kier alpha value is -1.35. The molecule has 1 amide bonds. The maximum atomic E-state index is 12.0. The van der Waals surface area contributed by atoms with Crippen LogP contribution in [0.5, 0.6) is 0 Å². The predicted molar refractivity (Wildman–Crippen MR) is 117 cm³/mol. The maximum absolute atomic E-state index is 12.0. The average molecular weight is 474 g/mol. The van der Waals surface area contributed by atoms with Crippen molar-refractivity contribution >= 4 is 41.5 Å². The minimum Gasteiger partial charge on any atom is -0.382 e. The Kier molecular flexibility index (Phi) is 11.3. The fraction of sp³-hybridized carbons (Fsp3) is 0.579. The monoisotopic (exact) mass is 474 g/mol. The molecule has 1 saturated heterocycles. The number of rotatable bonds is 8. The number of piperidine rings is 1. The van der Waals surface area contributed by atoms with Gasteiger partial charge in [0.15, 0.2) is 5.96 Å². The zero-order chi connectivity index (χ0) is 17.9. The Morgan fingerprint density at radius 1 is 1.23 bits per heavy atom. The van der Waals surface area contributed by atoms with Crippen molar-refractivity contribution in [3.8, 4) is 0 Å². The highest BCUT2D eigenvalue weighted by molar-refractivity contribution is 14.0. The van der Waals surface area contributed by atoms with Crippen LogP contribution in [0.2, 0.25) is 0 Å². The first kappa shape index (κ1) is 22.7. The van der Waals surface area contributed by atoms with Crippen LogP contribution < -0.4 is 15.5 Å². The first-order valence-electron chi connectivity index (χ1n) is 9.16. The molecule has 2 N–H and O–H groups in total. The summed E-state index contributed by atoms with van der Waals surface area (Å²) in [4.78, 5) is 18.1. The maximum Gasteiger partial charge on any atom is 0.226 e. The van der Waals surface area contributed by atoms with Crippen LogP contribution in [0.3, 0.4) is 0 Å². The minimum absolute atomic E-state index is 0. The molecule has 1 aliphatic heterocycles. The molecular formula is C19H31IN4O2. The molecule has 0 unspecified atom stereocenters. The smallest absolute Gasteiger partial charge is 0.226 e. The van der Waals surface area contributed by atoms with E-state index in [1.165, 1.54) is 0 Å². The largest absolute Gasteiger partial charge is 0.382 e. The van der Waals surface area contributed by atoms with Gasteiger partial charge < -0.3 is 20.3 Å². The van der Waals surface area contributed by atoms with Crippen molar-refractivity contribution in [3.05, 3.63) is 29.8 Å². The van der Waals surface area contributed by atoms with E-state index in [0.29, 0.717) is 13.0 Å². The normalized spacial score (nSPS) is 14.8. The summed E-state index contributed by atoms with van der Waals surface area (Å²) >= 11 is 0. The number of benzene rings is 1. The highest BCUT2D eigenvalue weighted by Crippen LogP contribution is 2.21. The van der Waals surface area contributed by atoms with Crippen molar-refractivity contribution in [2.24, 2.45) is 4.99 Å². The summed E-state index contributed by atoms with van der Waals surface area (Å²) in [7, 11) is 1.77. The lowest BCUT2D eigenvalue weighted by Gasteiger charge is -2.26. The minimum atomic E-state index is 0. The molecule has 0 atom stereocenters. The van der Waals surface area contributed by atoms with E-state index >= 15 is 0 Å². The fourth-order valence-electron chi connectivity index (χ4n) is 2.80. The van der Waals surface area contributed by atoms with Crippen LogP contribution >= 0.6 is 24.0 Å². The first-order valence-corrected chi connectivity index (χ1v) is 9.16. The molecule has 7 heteroatoms. The summed E-state index contributed by atoms with van der Waals surface area (Å²) in [6.07, 6.45) is 3.70. The van der Waals surface area contributed by atoms with Gasteiger partial charge in [-0.05, 0) is 43.9 Å². The third kappa shape index (κ3) is 7.49.